The first-order valence-electron chi connectivity index (χ1n) is 14.2. The van der Waals surface area contributed by atoms with E-state index < -0.39 is 38.0 Å². The Morgan fingerprint density at radius 3 is 2.59 bits per heavy atom. The number of aromatic nitrogens is 2. The van der Waals surface area contributed by atoms with Gasteiger partial charge in [-0.3, -0.25) is 19.3 Å². The van der Waals surface area contributed by atoms with Crippen molar-refractivity contribution in [2.75, 3.05) is 11.3 Å². The van der Waals surface area contributed by atoms with E-state index in [1.165, 1.54) is 37.3 Å². The second kappa shape index (κ2) is 10.6. The normalized spacial score (nSPS) is 19.2. The number of anilines is 1. The van der Waals surface area contributed by atoms with Gasteiger partial charge in [0.25, 0.3) is 0 Å². The fraction of sp³-hybridized carbons (Fsp3) is 0.312. The van der Waals surface area contributed by atoms with E-state index in [0.717, 1.165) is 0 Å². The summed E-state index contributed by atoms with van der Waals surface area (Å²) in [5, 5.41) is 11.8. The molecule has 228 valence electrons. The lowest BCUT2D eigenvalue weighted by atomic mass is 9.81. The summed E-state index contributed by atoms with van der Waals surface area (Å²) in [6, 6.07) is 13.7. The van der Waals surface area contributed by atoms with E-state index in [9.17, 15) is 27.5 Å². The SMILES string of the molecule is C[C@](O)(CCC(=O)c1cc(NS(=O)(=O)C2CC2)c2ncccc2c1)c1cc2c(c(-c3ccc(F)cc3)n1)OC[C@]2(C)C(N)=O. The van der Waals surface area contributed by atoms with Crippen LogP contribution in [0.2, 0.25) is 0 Å². The summed E-state index contributed by atoms with van der Waals surface area (Å²) < 4.78 is 47.6. The third kappa shape index (κ3) is 5.39. The van der Waals surface area contributed by atoms with Gasteiger partial charge in [-0.2, -0.15) is 0 Å². The van der Waals surface area contributed by atoms with Crippen molar-refractivity contribution in [1.82, 2.24) is 9.97 Å². The van der Waals surface area contributed by atoms with Crippen molar-refractivity contribution in [2.24, 2.45) is 5.73 Å². The molecule has 3 heterocycles. The second-order valence-corrected chi connectivity index (χ2v) is 13.8. The lowest BCUT2D eigenvalue weighted by Gasteiger charge is -2.26. The Balaban J connectivity index is 1.32. The van der Waals surface area contributed by atoms with Crippen LogP contribution in [0.5, 0.6) is 5.75 Å². The summed E-state index contributed by atoms with van der Waals surface area (Å²) in [5.74, 6) is -1.07. The van der Waals surface area contributed by atoms with Crippen molar-refractivity contribution in [3.8, 4) is 17.0 Å². The number of sulfonamides is 1. The third-order valence-electron chi connectivity index (χ3n) is 8.37. The summed E-state index contributed by atoms with van der Waals surface area (Å²) in [6.45, 7) is 3.13. The molecule has 4 aromatic rings. The molecule has 12 heteroatoms. The number of Topliss-reactive ketones (excluding diaryl/α,β-unsaturated/α-hetero) is 1. The quantitative estimate of drug-likeness (QED) is 0.221. The first-order valence-corrected chi connectivity index (χ1v) is 15.7. The number of hydrogen-bond donors (Lipinski definition) is 3. The van der Waals surface area contributed by atoms with Crippen LogP contribution in [0, 0.1) is 5.82 Å². The van der Waals surface area contributed by atoms with E-state index >= 15 is 0 Å². The van der Waals surface area contributed by atoms with Gasteiger partial charge >= 0.3 is 0 Å². The van der Waals surface area contributed by atoms with E-state index in [1.54, 1.807) is 37.4 Å². The maximum absolute atomic E-state index is 13.7. The third-order valence-corrected chi connectivity index (χ3v) is 10.2. The summed E-state index contributed by atoms with van der Waals surface area (Å²) in [5.41, 5.74) is 5.26. The lowest BCUT2D eigenvalue weighted by molar-refractivity contribution is -0.123. The molecule has 4 N–H and O–H groups in total. The van der Waals surface area contributed by atoms with E-state index in [4.69, 9.17) is 10.5 Å². The van der Waals surface area contributed by atoms with Gasteiger partial charge in [-0.15, -0.1) is 0 Å². The van der Waals surface area contributed by atoms with Gasteiger partial charge < -0.3 is 15.6 Å². The van der Waals surface area contributed by atoms with E-state index in [1.807, 2.05) is 0 Å². The predicted octanol–water partition coefficient (Wildman–Crippen LogP) is 4.35. The Morgan fingerprint density at radius 1 is 1.18 bits per heavy atom. The minimum absolute atomic E-state index is 0.0265. The molecule has 2 aromatic carbocycles. The van der Waals surface area contributed by atoms with Crippen LogP contribution in [0.15, 0.2) is 60.8 Å². The molecular weight excluding hydrogens is 587 g/mol. The monoisotopic (exact) mass is 618 g/mol. The number of benzene rings is 2. The molecule has 0 spiro atoms. The topological polar surface area (TPSA) is 162 Å². The van der Waals surface area contributed by atoms with Gasteiger partial charge in [0.05, 0.1) is 22.1 Å². The van der Waals surface area contributed by atoms with Crippen LogP contribution in [0.25, 0.3) is 22.2 Å². The molecule has 0 bridgehead atoms. The molecule has 1 amide bonds. The Morgan fingerprint density at radius 2 is 1.91 bits per heavy atom. The van der Waals surface area contributed by atoms with Crippen LogP contribution in [-0.4, -0.2) is 47.0 Å². The maximum atomic E-state index is 13.7. The van der Waals surface area contributed by atoms with E-state index in [-0.39, 0.29) is 42.2 Å². The van der Waals surface area contributed by atoms with Gasteiger partial charge in [0, 0.05) is 34.7 Å². The zero-order chi connectivity index (χ0) is 31.4. The smallest absolute Gasteiger partial charge is 0.235 e. The Labute approximate surface area is 253 Å². The number of ketones is 1. The number of primary amides is 1. The van der Waals surface area contributed by atoms with Gasteiger partial charge in [-0.05, 0) is 81.6 Å². The number of halogens is 1. The first kappa shape index (κ1) is 29.6. The molecule has 0 radical (unpaired) electrons. The second-order valence-electron chi connectivity index (χ2n) is 11.9. The van der Waals surface area contributed by atoms with Gasteiger partial charge in [-0.25, -0.2) is 17.8 Å². The minimum Gasteiger partial charge on any atom is -0.489 e. The maximum Gasteiger partial charge on any atom is 0.235 e. The van der Waals surface area contributed by atoms with E-state index in [0.29, 0.717) is 46.3 Å². The van der Waals surface area contributed by atoms with Gasteiger partial charge in [0.1, 0.15) is 34.9 Å². The van der Waals surface area contributed by atoms with Crippen LogP contribution in [0.3, 0.4) is 0 Å². The van der Waals surface area contributed by atoms with Crippen LogP contribution in [0.4, 0.5) is 10.1 Å². The molecule has 44 heavy (non-hydrogen) atoms. The van der Waals surface area contributed by atoms with Crippen molar-refractivity contribution in [1.29, 1.82) is 0 Å². The number of nitrogens with one attached hydrogen (secondary N) is 1. The number of carbonyl (C=O) groups is 2. The molecule has 0 unspecified atom stereocenters. The van der Waals surface area contributed by atoms with Crippen molar-refractivity contribution < 1.29 is 32.2 Å². The van der Waals surface area contributed by atoms with Crippen molar-refractivity contribution in [2.45, 2.75) is 55.8 Å². The number of aliphatic hydroxyl groups is 1. The average molecular weight is 619 g/mol. The largest absolute Gasteiger partial charge is 0.489 e. The lowest BCUT2D eigenvalue weighted by Crippen LogP contribution is -2.40. The highest BCUT2D eigenvalue weighted by atomic mass is 32.2. The Hall–Kier alpha value is -4.42. The predicted molar refractivity (Wildman–Crippen MR) is 162 cm³/mol. The summed E-state index contributed by atoms with van der Waals surface area (Å²) in [7, 11) is -3.61. The number of nitrogens with zero attached hydrogens (tertiary/aromatic N) is 2. The van der Waals surface area contributed by atoms with Crippen molar-refractivity contribution in [3.05, 3.63) is 83.4 Å². The van der Waals surface area contributed by atoms with Gasteiger partial charge in [0.2, 0.25) is 15.9 Å². The number of fused-ring (bicyclic) bond motifs is 2. The number of amides is 1. The van der Waals surface area contributed by atoms with Crippen LogP contribution >= 0.6 is 0 Å². The highest BCUT2D eigenvalue weighted by Gasteiger charge is 2.45. The minimum atomic E-state index is -3.61. The summed E-state index contributed by atoms with van der Waals surface area (Å²) in [4.78, 5) is 34.9. The molecule has 1 aliphatic carbocycles. The number of pyridine rings is 2. The molecule has 2 aliphatic rings. The zero-order valence-corrected chi connectivity index (χ0v) is 24.9. The van der Waals surface area contributed by atoms with E-state index in [2.05, 4.69) is 14.7 Å². The Kier molecular flexibility index (Phi) is 7.16. The number of hydrogen-bond acceptors (Lipinski definition) is 8. The molecule has 1 saturated carbocycles. The fourth-order valence-electron chi connectivity index (χ4n) is 5.34. The standard InChI is InChI=1S/C32H31FN4O6S/c1-31(30(34)39)17-43-29-23(31)16-26(36-28(29)18-5-7-21(33)8-6-18)32(2,40)12-11-25(38)20-14-19-4-3-13-35-27(19)24(15-20)37-44(41,42)22-9-10-22/h3-8,13-16,22,37,40H,9-12,17H2,1-2H3,(H2,34,39)/t31-,32-/m0/s1. The van der Waals surface area contributed by atoms with Crippen molar-refractivity contribution >= 4 is 38.3 Å². The molecular formula is C32H31FN4O6S. The highest BCUT2D eigenvalue weighted by molar-refractivity contribution is 7.93. The molecule has 1 fully saturated rings. The Bertz CT molecular complexity index is 1930. The fourth-order valence-corrected chi connectivity index (χ4v) is 6.73. The van der Waals surface area contributed by atoms with Crippen LogP contribution < -0.4 is 15.2 Å². The number of ether oxygens (including phenoxy) is 1. The summed E-state index contributed by atoms with van der Waals surface area (Å²) >= 11 is 0. The number of rotatable bonds is 10. The van der Waals surface area contributed by atoms with Crippen LogP contribution in [-0.2, 0) is 25.8 Å². The number of nitrogens with two attached hydrogens (primary N) is 1. The highest BCUT2D eigenvalue weighted by Crippen LogP contribution is 2.46. The molecule has 1 aliphatic heterocycles. The zero-order valence-electron chi connectivity index (χ0n) is 24.1. The van der Waals surface area contributed by atoms with Gasteiger partial charge in [0.15, 0.2) is 5.78 Å². The number of carbonyl (C=O) groups excluding carboxylic acids is 2. The van der Waals surface area contributed by atoms with Gasteiger partial charge in [-0.1, -0.05) is 6.07 Å². The molecule has 10 nitrogen and oxygen atoms in total. The molecule has 2 atom stereocenters. The average Bonchev–Trinajstić information content (AvgIpc) is 3.80. The molecule has 2 aromatic heterocycles. The van der Waals surface area contributed by atoms with Crippen molar-refractivity contribution in [3.63, 3.8) is 0 Å². The molecule has 6 rings (SSSR count). The van der Waals surface area contributed by atoms with Crippen LogP contribution in [0.1, 0.15) is 61.1 Å². The molecule has 0 saturated heterocycles. The summed E-state index contributed by atoms with van der Waals surface area (Å²) in [6.07, 6.45) is 2.55. The first-order chi connectivity index (χ1) is 20.8.